The highest BCUT2D eigenvalue weighted by molar-refractivity contribution is 5.93. The smallest absolute Gasteiger partial charge is 0.276 e. The predicted molar refractivity (Wildman–Crippen MR) is 92.0 cm³/mol. The van der Waals surface area contributed by atoms with Gasteiger partial charge in [0.1, 0.15) is 0 Å². The second kappa shape index (κ2) is 7.59. The summed E-state index contributed by atoms with van der Waals surface area (Å²) < 4.78 is 0. The van der Waals surface area contributed by atoms with Crippen LogP contribution >= 0.6 is 0 Å². The molecule has 1 aromatic rings. The van der Waals surface area contributed by atoms with Gasteiger partial charge >= 0.3 is 0 Å². The van der Waals surface area contributed by atoms with Gasteiger partial charge in [-0.1, -0.05) is 6.42 Å². The topological polar surface area (TPSA) is 77.5 Å². The van der Waals surface area contributed by atoms with Crippen LogP contribution in [0, 0.1) is 0 Å². The third-order valence-electron chi connectivity index (χ3n) is 5.77. The van der Waals surface area contributed by atoms with E-state index in [2.05, 4.69) is 22.2 Å². The van der Waals surface area contributed by atoms with Crippen molar-refractivity contribution in [2.45, 2.75) is 57.0 Å². The summed E-state index contributed by atoms with van der Waals surface area (Å²) in [5.41, 5.74) is 4.73. The van der Waals surface area contributed by atoms with E-state index in [0.29, 0.717) is 11.1 Å². The third kappa shape index (κ3) is 3.61. The molecule has 6 heteroatoms. The summed E-state index contributed by atoms with van der Waals surface area (Å²) in [4.78, 5) is 17.8. The quantitative estimate of drug-likeness (QED) is 0.541. The number of aromatic nitrogens is 1. The summed E-state index contributed by atoms with van der Waals surface area (Å²) >= 11 is 0. The average molecular weight is 332 g/mol. The first-order valence-corrected chi connectivity index (χ1v) is 8.99. The van der Waals surface area contributed by atoms with Crippen LogP contribution in [-0.4, -0.2) is 46.7 Å². The van der Waals surface area contributed by atoms with Gasteiger partial charge in [-0.15, -0.1) is 0 Å². The van der Waals surface area contributed by atoms with E-state index in [0.717, 1.165) is 30.8 Å². The van der Waals surface area contributed by atoms with Crippen LogP contribution in [0.2, 0.25) is 0 Å². The summed E-state index contributed by atoms with van der Waals surface area (Å²) in [5, 5.41) is 11.6. The number of nitrogens with zero attached hydrogens (tertiary/aromatic N) is 2. The van der Waals surface area contributed by atoms with Crippen LogP contribution in [-0.2, 0) is 13.0 Å². The molecule has 1 amide bonds. The highest BCUT2D eigenvalue weighted by atomic mass is 16.5. The van der Waals surface area contributed by atoms with Crippen LogP contribution in [0.15, 0.2) is 12.3 Å². The molecule has 1 saturated carbocycles. The molecule has 0 aromatic carbocycles. The Balaban J connectivity index is 0.000000149. The fraction of sp³-hybridized carbons (Fsp3) is 0.667. The number of rotatable bonds is 1. The van der Waals surface area contributed by atoms with Gasteiger partial charge in [0, 0.05) is 18.3 Å². The SMILES string of the molecule is CN1CCCCC12CCC2.O=C(NO)c1cnc2c(c1)CCNC2. The summed E-state index contributed by atoms with van der Waals surface area (Å²) in [6.45, 7) is 3.00. The maximum Gasteiger partial charge on any atom is 0.276 e. The number of likely N-dealkylation sites (tertiary alicyclic amines) is 1. The molecule has 1 saturated heterocycles. The summed E-state index contributed by atoms with van der Waals surface area (Å²) in [6, 6.07) is 1.77. The van der Waals surface area contributed by atoms with Crippen molar-refractivity contribution in [3.63, 3.8) is 0 Å². The molecule has 2 aliphatic heterocycles. The van der Waals surface area contributed by atoms with Crippen LogP contribution < -0.4 is 10.8 Å². The Morgan fingerprint density at radius 1 is 1.33 bits per heavy atom. The monoisotopic (exact) mass is 332 g/mol. The zero-order chi connectivity index (χ0) is 17.0. The van der Waals surface area contributed by atoms with Gasteiger partial charge in [0.25, 0.3) is 5.91 Å². The van der Waals surface area contributed by atoms with Crippen molar-refractivity contribution in [3.05, 3.63) is 29.1 Å². The molecule has 6 nitrogen and oxygen atoms in total. The molecule has 0 atom stereocenters. The molecule has 132 valence electrons. The van der Waals surface area contributed by atoms with Gasteiger partial charge in [0.05, 0.1) is 11.3 Å². The second-order valence-electron chi connectivity index (χ2n) is 7.15. The lowest BCUT2D eigenvalue weighted by Crippen LogP contribution is -2.54. The number of pyridine rings is 1. The molecule has 0 bridgehead atoms. The Bertz CT molecular complexity index is 586. The van der Waals surface area contributed by atoms with Crippen LogP contribution in [0.1, 0.15) is 60.1 Å². The molecular formula is C18H28N4O2. The minimum absolute atomic E-state index is 0.396. The van der Waals surface area contributed by atoms with Crippen molar-refractivity contribution in [1.29, 1.82) is 0 Å². The first-order chi connectivity index (χ1) is 11.6. The number of amides is 1. The van der Waals surface area contributed by atoms with Crippen LogP contribution in [0.4, 0.5) is 0 Å². The average Bonchev–Trinajstić information content (AvgIpc) is 2.60. The Kier molecular flexibility index (Phi) is 5.48. The number of nitrogens with one attached hydrogen (secondary N) is 2. The molecule has 3 aliphatic rings. The molecule has 3 heterocycles. The normalized spacial score (nSPS) is 21.9. The van der Waals surface area contributed by atoms with Gasteiger partial charge in [-0.25, -0.2) is 5.48 Å². The second-order valence-corrected chi connectivity index (χ2v) is 7.15. The number of carbonyl (C=O) groups excluding carboxylic acids is 1. The van der Waals surface area contributed by atoms with Crippen molar-refractivity contribution in [2.75, 3.05) is 20.1 Å². The standard InChI is InChI=1S/C9H11N3O2.C9H17N/c13-9(12-14)7-3-6-1-2-10-5-8(6)11-4-7;1-10-8-3-2-5-9(10)6-4-7-9/h3-4,10,14H,1-2,5H2,(H,12,13);2-8H2,1H3. The number of fused-ring (bicyclic) bond motifs is 1. The number of hydrogen-bond donors (Lipinski definition) is 3. The van der Waals surface area contributed by atoms with E-state index in [1.807, 2.05) is 0 Å². The van der Waals surface area contributed by atoms with Gasteiger partial charge in [0.2, 0.25) is 0 Å². The largest absolute Gasteiger partial charge is 0.311 e. The van der Waals surface area contributed by atoms with E-state index in [9.17, 15) is 4.79 Å². The molecule has 24 heavy (non-hydrogen) atoms. The van der Waals surface area contributed by atoms with Gasteiger partial charge < -0.3 is 10.2 Å². The molecule has 0 unspecified atom stereocenters. The van der Waals surface area contributed by atoms with E-state index in [1.165, 1.54) is 51.3 Å². The lowest BCUT2D eigenvalue weighted by atomic mass is 9.70. The minimum atomic E-state index is -0.515. The number of hydrogen-bond acceptors (Lipinski definition) is 5. The number of carbonyl (C=O) groups is 1. The molecule has 1 aromatic heterocycles. The molecule has 0 radical (unpaired) electrons. The van der Waals surface area contributed by atoms with Crippen molar-refractivity contribution >= 4 is 5.91 Å². The Morgan fingerprint density at radius 3 is 2.75 bits per heavy atom. The van der Waals surface area contributed by atoms with Crippen molar-refractivity contribution in [3.8, 4) is 0 Å². The maximum atomic E-state index is 11.1. The molecule has 3 N–H and O–H groups in total. The number of piperidine rings is 1. The zero-order valence-corrected chi connectivity index (χ0v) is 14.5. The fourth-order valence-corrected chi connectivity index (χ4v) is 3.98. The number of hydroxylamine groups is 1. The predicted octanol–water partition coefficient (Wildman–Crippen LogP) is 1.87. The van der Waals surface area contributed by atoms with Gasteiger partial charge in [-0.3, -0.25) is 15.0 Å². The lowest BCUT2D eigenvalue weighted by molar-refractivity contribution is 0.00418. The molecular weight excluding hydrogens is 304 g/mol. The van der Waals surface area contributed by atoms with Crippen molar-refractivity contribution in [1.82, 2.24) is 20.7 Å². The maximum absolute atomic E-state index is 11.1. The van der Waals surface area contributed by atoms with Crippen molar-refractivity contribution < 1.29 is 10.0 Å². The van der Waals surface area contributed by atoms with Gasteiger partial charge in [-0.2, -0.15) is 0 Å². The zero-order valence-electron chi connectivity index (χ0n) is 14.5. The van der Waals surface area contributed by atoms with E-state index < -0.39 is 5.91 Å². The molecule has 1 spiro atoms. The van der Waals surface area contributed by atoms with Crippen LogP contribution in [0.25, 0.3) is 0 Å². The first kappa shape index (κ1) is 17.3. The van der Waals surface area contributed by atoms with Gasteiger partial charge in [0.15, 0.2) is 0 Å². The summed E-state index contributed by atoms with van der Waals surface area (Å²) in [7, 11) is 2.30. The molecule has 1 aliphatic carbocycles. The first-order valence-electron chi connectivity index (χ1n) is 8.99. The van der Waals surface area contributed by atoms with Gasteiger partial charge in [-0.05, 0) is 70.3 Å². The van der Waals surface area contributed by atoms with Crippen molar-refractivity contribution in [2.24, 2.45) is 0 Å². The lowest BCUT2D eigenvalue weighted by Gasteiger charge is -2.51. The Morgan fingerprint density at radius 2 is 2.12 bits per heavy atom. The minimum Gasteiger partial charge on any atom is -0.311 e. The van der Waals surface area contributed by atoms with Crippen LogP contribution in [0.3, 0.4) is 0 Å². The Labute approximate surface area is 143 Å². The highest BCUT2D eigenvalue weighted by Crippen LogP contribution is 2.43. The van der Waals surface area contributed by atoms with Crippen LogP contribution in [0.5, 0.6) is 0 Å². The summed E-state index contributed by atoms with van der Waals surface area (Å²) in [5.74, 6) is -0.515. The molecule has 4 rings (SSSR count). The van der Waals surface area contributed by atoms with E-state index in [1.54, 1.807) is 11.5 Å². The Hall–Kier alpha value is -1.50. The summed E-state index contributed by atoms with van der Waals surface area (Å²) in [6.07, 6.45) is 11.1. The van der Waals surface area contributed by atoms with E-state index in [-0.39, 0.29) is 0 Å². The van der Waals surface area contributed by atoms with E-state index in [4.69, 9.17) is 5.21 Å². The molecule has 2 fully saturated rings. The highest BCUT2D eigenvalue weighted by Gasteiger charge is 2.41. The fourth-order valence-electron chi connectivity index (χ4n) is 3.98. The van der Waals surface area contributed by atoms with E-state index >= 15 is 0 Å². The third-order valence-corrected chi connectivity index (χ3v) is 5.77.